The van der Waals surface area contributed by atoms with Crippen LogP contribution >= 0.6 is 0 Å². The Balaban J connectivity index is 1.64. The van der Waals surface area contributed by atoms with Gasteiger partial charge < -0.3 is 18.9 Å². The van der Waals surface area contributed by atoms with Gasteiger partial charge in [0.1, 0.15) is 0 Å². The second-order valence-electron chi connectivity index (χ2n) is 7.91. The molecule has 1 heterocycles. The Labute approximate surface area is 198 Å². The van der Waals surface area contributed by atoms with Crippen molar-refractivity contribution >= 4 is 23.9 Å². The van der Waals surface area contributed by atoms with E-state index in [1.807, 2.05) is 0 Å². The third-order valence-electron chi connectivity index (χ3n) is 5.12. The number of rotatable bonds is 0. The van der Waals surface area contributed by atoms with Crippen molar-refractivity contribution < 1.29 is 38.1 Å². The summed E-state index contributed by atoms with van der Waals surface area (Å²) in [4.78, 5) is 48.8. The van der Waals surface area contributed by atoms with E-state index in [-0.39, 0.29) is 48.7 Å². The standard InChI is InChI=1S/C26H28O8/c27-23-15-3-1-4-16-24(28)32-20-12-8-10-14-22(20)34-26(30)18-6-2-5-17-25(29)33-21-13-9-7-11-19(21)31-23/h7-14H,1-6,15-18H2. The molecule has 0 unspecified atom stereocenters. The highest BCUT2D eigenvalue weighted by atomic mass is 16.6. The van der Waals surface area contributed by atoms with Crippen LogP contribution in [0.5, 0.6) is 23.0 Å². The van der Waals surface area contributed by atoms with Crippen molar-refractivity contribution in [3.05, 3.63) is 48.5 Å². The molecule has 8 nitrogen and oxygen atoms in total. The fraction of sp³-hybridized carbons (Fsp3) is 0.385. The minimum Gasteiger partial charge on any atom is -0.423 e. The molecule has 0 N–H and O–H groups in total. The van der Waals surface area contributed by atoms with E-state index < -0.39 is 23.9 Å². The lowest BCUT2D eigenvalue weighted by Gasteiger charge is -2.11. The molecule has 2 aromatic rings. The summed E-state index contributed by atoms with van der Waals surface area (Å²) >= 11 is 0. The van der Waals surface area contributed by atoms with Gasteiger partial charge in [0.2, 0.25) is 0 Å². The molecule has 0 saturated heterocycles. The van der Waals surface area contributed by atoms with Gasteiger partial charge in [-0.05, 0) is 49.9 Å². The first-order valence-corrected chi connectivity index (χ1v) is 11.5. The summed E-state index contributed by atoms with van der Waals surface area (Å²) in [6.07, 6.45) is 4.02. The molecule has 8 heteroatoms. The average molecular weight is 469 g/mol. The maximum Gasteiger partial charge on any atom is 0.311 e. The zero-order valence-electron chi connectivity index (χ0n) is 19.0. The fourth-order valence-electron chi connectivity index (χ4n) is 3.36. The quantitative estimate of drug-likeness (QED) is 0.396. The number of carbonyl (C=O) groups excluding carboxylic acids is 4. The minimum atomic E-state index is -0.441. The molecular formula is C26H28O8. The molecule has 0 atom stereocenters. The Morgan fingerprint density at radius 2 is 0.618 bits per heavy atom. The summed E-state index contributed by atoms with van der Waals surface area (Å²) < 4.78 is 21.5. The first kappa shape index (κ1) is 25.0. The normalized spacial score (nSPS) is 17.4. The van der Waals surface area contributed by atoms with Gasteiger partial charge in [-0.15, -0.1) is 0 Å². The molecule has 3 rings (SSSR count). The third kappa shape index (κ3) is 8.35. The molecule has 0 aliphatic carbocycles. The van der Waals surface area contributed by atoms with Crippen molar-refractivity contribution in [2.75, 3.05) is 0 Å². The highest BCUT2D eigenvalue weighted by Crippen LogP contribution is 2.29. The fourth-order valence-corrected chi connectivity index (χ4v) is 3.36. The van der Waals surface area contributed by atoms with E-state index >= 15 is 0 Å². The van der Waals surface area contributed by atoms with E-state index in [9.17, 15) is 19.2 Å². The van der Waals surface area contributed by atoms with E-state index in [0.717, 1.165) is 0 Å². The average Bonchev–Trinajstić information content (AvgIpc) is 2.80. The Bertz CT molecular complexity index is 854. The number of carbonyl (C=O) groups is 4. The van der Waals surface area contributed by atoms with Crippen molar-refractivity contribution in [2.24, 2.45) is 0 Å². The topological polar surface area (TPSA) is 105 Å². The van der Waals surface area contributed by atoms with E-state index in [1.165, 1.54) is 0 Å². The van der Waals surface area contributed by atoms with Crippen LogP contribution in [0.1, 0.15) is 64.2 Å². The summed E-state index contributed by atoms with van der Waals surface area (Å²) in [5.74, 6) is -1.01. The summed E-state index contributed by atoms with van der Waals surface area (Å²) in [6.45, 7) is 0. The molecule has 1 aliphatic heterocycles. The van der Waals surface area contributed by atoms with Crippen molar-refractivity contribution in [3.8, 4) is 23.0 Å². The van der Waals surface area contributed by atoms with Crippen LogP contribution in [-0.4, -0.2) is 23.9 Å². The second-order valence-corrected chi connectivity index (χ2v) is 7.91. The number of ether oxygens (including phenoxy) is 4. The van der Waals surface area contributed by atoms with Crippen LogP contribution in [0, 0.1) is 0 Å². The lowest BCUT2D eigenvalue weighted by atomic mass is 10.1. The Hall–Kier alpha value is -3.68. The highest BCUT2D eigenvalue weighted by molar-refractivity contribution is 5.77. The number of benzene rings is 2. The van der Waals surface area contributed by atoms with Gasteiger partial charge in [0, 0.05) is 25.7 Å². The van der Waals surface area contributed by atoms with Crippen molar-refractivity contribution in [1.29, 1.82) is 0 Å². The van der Waals surface area contributed by atoms with Gasteiger partial charge in [-0.3, -0.25) is 19.2 Å². The smallest absolute Gasteiger partial charge is 0.311 e. The summed E-state index contributed by atoms with van der Waals surface area (Å²) in [6, 6.07) is 13.0. The Morgan fingerprint density at radius 3 is 0.853 bits per heavy atom. The number of para-hydroxylation sites is 4. The lowest BCUT2D eigenvalue weighted by Crippen LogP contribution is -2.13. The Morgan fingerprint density at radius 1 is 0.382 bits per heavy atom. The molecule has 34 heavy (non-hydrogen) atoms. The van der Waals surface area contributed by atoms with Gasteiger partial charge in [-0.2, -0.15) is 0 Å². The van der Waals surface area contributed by atoms with Gasteiger partial charge in [0.25, 0.3) is 0 Å². The largest absolute Gasteiger partial charge is 0.423 e. The molecule has 0 saturated carbocycles. The van der Waals surface area contributed by atoms with Crippen LogP contribution < -0.4 is 18.9 Å². The van der Waals surface area contributed by atoms with E-state index in [1.54, 1.807) is 48.5 Å². The molecule has 180 valence electrons. The van der Waals surface area contributed by atoms with E-state index in [4.69, 9.17) is 18.9 Å². The van der Waals surface area contributed by atoms with Crippen LogP contribution in [0.25, 0.3) is 0 Å². The SMILES string of the molecule is O=C1CCCCCC(=O)Oc2ccccc2OC(=O)CCCCCC(=O)Oc2ccccc2O1. The molecule has 0 fully saturated rings. The molecule has 1 aliphatic rings. The molecule has 2 aromatic carbocycles. The first-order valence-electron chi connectivity index (χ1n) is 11.5. The predicted molar refractivity (Wildman–Crippen MR) is 122 cm³/mol. The van der Waals surface area contributed by atoms with Crippen molar-refractivity contribution in [3.63, 3.8) is 0 Å². The van der Waals surface area contributed by atoms with Gasteiger partial charge >= 0.3 is 23.9 Å². The Kier molecular flexibility index (Phi) is 9.64. The summed E-state index contributed by atoms with van der Waals surface area (Å²) in [7, 11) is 0. The van der Waals surface area contributed by atoms with Crippen molar-refractivity contribution in [1.82, 2.24) is 0 Å². The maximum absolute atomic E-state index is 12.2. The monoisotopic (exact) mass is 468 g/mol. The van der Waals surface area contributed by atoms with Gasteiger partial charge in [0.15, 0.2) is 23.0 Å². The van der Waals surface area contributed by atoms with E-state index in [2.05, 4.69) is 0 Å². The molecule has 0 bridgehead atoms. The van der Waals surface area contributed by atoms with Gasteiger partial charge in [-0.25, -0.2) is 0 Å². The molecule has 0 radical (unpaired) electrons. The number of hydrogen-bond donors (Lipinski definition) is 0. The minimum absolute atomic E-state index is 0.163. The molecular weight excluding hydrogens is 440 g/mol. The van der Waals surface area contributed by atoms with Crippen LogP contribution in [-0.2, 0) is 19.2 Å². The number of fused-ring (bicyclic) bond motifs is 2. The zero-order valence-corrected chi connectivity index (χ0v) is 19.0. The molecule has 0 spiro atoms. The first-order chi connectivity index (χ1) is 16.5. The van der Waals surface area contributed by atoms with Crippen LogP contribution in [0.15, 0.2) is 48.5 Å². The van der Waals surface area contributed by atoms with E-state index in [0.29, 0.717) is 38.5 Å². The zero-order chi connectivity index (χ0) is 24.2. The van der Waals surface area contributed by atoms with Gasteiger partial charge in [-0.1, -0.05) is 37.1 Å². The highest BCUT2D eigenvalue weighted by Gasteiger charge is 2.16. The van der Waals surface area contributed by atoms with Gasteiger partial charge in [0.05, 0.1) is 0 Å². The molecule has 0 aromatic heterocycles. The van der Waals surface area contributed by atoms with Crippen molar-refractivity contribution in [2.45, 2.75) is 64.2 Å². The number of esters is 4. The second kappa shape index (κ2) is 13.1. The third-order valence-corrected chi connectivity index (χ3v) is 5.12. The molecule has 0 amide bonds. The maximum atomic E-state index is 12.2. The summed E-state index contributed by atoms with van der Waals surface area (Å²) in [5.41, 5.74) is 0. The van der Waals surface area contributed by atoms with Crippen LogP contribution in [0.3, 0.4) is 0 Å². The summed E-state index contributed by atoms with van der Waals surface area (Å²) in [5, 5.41) is 0. The lowest BCUT2D eigenvalue weighted by molar-refractivity contribution is -0.137. The van der Waals surface area contributed by atoms with Crippen LogP contribution in [0.4, 0.5) is 0 Å². The predicted octanol–water partition coefficient (Wildman–Crippen LogP) is 4.92. The number of hydrogen-bond acceptors (Lipinski definition) is 8. The van der Waals surface area contributed by atoms with Crippen LogP contribution in [0.2, 0.25) is 0 Å².